The van der Waals surface area contributed by atoms with E-state index in [1.54, 1.807) is 0 Å². The first-order valence-corrected chi connectivity index (χ1v) is 7.26. The molecule has 1 fully saturated rings. The van der Waals surface area contributed by atoms with Crippen LogP contribution >= 0.6 is 0 Å². The van der Waals surface area contributed by atoms with E-state index in [1.165, 1.54) is 7.11 Å². The quantitative estimate of drug-likeness (QED) is 0.851. The summed E-state index contributed by atoms with van der Waals surface area (Å²) < 4.78 is 12.4. The summed E-state index contributed by atoms with van der Waals surface area (Å²) in [5.41, 5.74) is 0.890. The SMILES string of the molecule is COc1cc2ccccc2n(CCN2CCOCC2)c1=O. The van der Waals surface area contributed by atoms with E-state index in [2.05, 4.69) is 4.90 Å². The molecule has 1 aliphatic heterocycles. The molecule has 1 aliphatic rings. The Bertz CT molecular complexity index is 675. The average Bonchev–Trinajstić information content (AvgIpc) is 2.54. The second kappa shape index (κ2) is 6.28. The molecule has 1 saturated heterocycles. The zero-order valence-electron chi connectivity index (χ0n) is 12.2. The van der Waals surface area contributed by atoms with Gasteiger partial charge in [-0.15, -0.1) is 0 Å². The van der Waals surface area contributed by atoms with Crippen LogP contribution in [0.15, 0.2) is 35.1 Å². The second-order valence-electron chi connectivity index (χ2n) is 5.18. The Balaban J connectivity index is 1.92. The van der Waals surface area contributed by atoms with E-state index in [4.69, 9.17) is 9.47 Å². The summed E-state index contributed by atoms with van der Waals surface area (Å²) in [4.78, 5) is 14.8. The van der Waals surface area contributed by atoms with Gasteiger partial charge in [0.1, 0.15) is 0 Å². The Morgan fingerprint density at radius 2 is 1.95 bits per heavy atom. The van der Waals surface area contributed by atoms with Crippen molar-refractivity contribution in [2.45, 2.75) is 6.54 Å². The number of fused-ring (bicyclic) bond motifs is 1. The van der Waals surface area contributed by atoms with Crippen LogP contribution in [0.25, 0.3) is 10.9 Å². The summed E-state index contributed by atoms with van der Waals surface area (Å²) in [5.74, 6) is 0.399. The normalized spacial score (nSPS) is 16.2. The van der Waals surface area contributed by atoms with Crippen LogP contribution < -0.4 is 10.3 Å². The lowest BCUT2D eigenvalue weighted by molar-refractivity contribution is 0.0364. The third-order valence-corrected chi connectivity index (χ3v) is 3.93. The number of rotatable bonds is 4. The van der Waals surface area contributed by atoms with Gasteiger partial charge in [-0.25, -0.2) is 0 Å². The van der Waals surface area contributed by atoms with Crippen LogP contribution in [-0.2, 0) is 11.3 Å². The number of hydrogen-bond acceptors (Lipinski definition) is 4. The van der Waals surface area contributed by atoms with E-state index in [0.29, 0.717) is 12.3 Å². The standard InChI is InChI=1S/C16H20N2O3/c1-20-15-12-13-4-2-3-5-14(13)18(16(15)19)7-6-17-8-10-21-11-9-17/h2-5,12H,6-11H2,1H3. The first-order chi connectivity index (χ1) is 10.3. The number of ether oxygens (including phenoxy) is 2. The van der Waals surface area contributed by atoms with Crippen molar-refractivity contribution in [3.63, 3.8) is 0 Å². The van der Waals surface area contributed by atoms with Gasteiger partial charge in [0.05, 0.1) is 25.8 Å². The van der Waals surface area contributed by atoms with Gasteiger partial charge in [0.2, 0.25) is 0 Å². The molecule has 5 nitrogen and oxygen atoms in total. The maximum atomic E-state index is 12.5. The van der Waals surface area contributed by atoms with Gasteiger partial charge in [0.15, 0.2) is 5.75 Å². The summed E-state index contributed by atoms with van der Waals surface area (Å²) >= 11 is 0. The number of methoxy groups -OCH3 is 1. The molecular formula is C16H20N2O3. The molecule has 0 bridgehead atoms. The molecule has 3 rings (SSSR count). The minimum absolute atomic E-state index is 0.0653. The fourth-order valence-electron chi connectivity index (χ4n) is 2.74. The molecule has 2 aromatic rings. The minimum atomic E-state index is -0.0653. The number of aromatic nitrogens is 1. The van der Waals surface area contributed by atoms with Crippen molar-refractivity contribution < 1.29 is 9.47 Å². The molecule has 112 valence electrons. The number of nitrogens with zero attached hydrogens (tertiary/aromatic N) is 2. The Hall–Kier alpha value is -1.85. The van der Waals surface area contributed by atoms with Crippen LogP contribution in [-0.4, -0.2) is 49.4 Å². The summed E-state index contributed by atoms with van der Waals surface area (Å²) in [6, 6.07) is 9.72. The smallest absolute Gasteiger partial charge is 0.293 e. The number of para-hydroxylation sites is 1. The van der Waals surface area contributed by atoms with Crippen LogP contribution in [0.4, 0.5) is 0 Å². The topological polar surface area (TPSA) is 43.7 Å². The fraction of sp³-hybridized carbons (Fsp3) is 0.438. The van der Waals surface area contributed by atoms with Gasteiger partial charge in [0.25, 0.3) is 5.56 Å². The van der Waals surface area contributed by atoms with Gasteiger partial charge in [0, 0.05) is 31.6 Å². The van der Waals surface area contributed by atoms with Crippen molar-refractivity contribution in [3.8, 4) is 5.75 Å². The number of pyridine rings is 1. The van der Waals surface area contributed by atoms with E-state index in [-0.39, 0.29) is 5.56 Å². The third kappa shape index (κ3) is 2.94. The van der Waals surface area contributed by atoms with E-state index in [1.807, 2.05) is 34.9 Å². The molecule has 2 heterocycles. The molecule has 0 atom stereocenters. The highest BCUT2D eigenvalue weighted by molar-refractivity contribution is 5.80. The molecule has 0 saturated carbocycles. The summed E-state index contributed by atoms with van der Waals surface area (Å²) in [5, 5.41) is 1.02. The lowest BCUT2D eigenvalue weighted by Gasteiger charge is -2.27. The van der Waals surface area contributed by atoms with Crippen molar-refractivity contribution in [2.24, 2.45) is 0 Å². The number of benzene rings is 1. The molecule has 0 amide bonds. The monoisotopic (exact) mass is 288 g/mol. The molecule has 0 spiro atoms. The highest BCUT2D eigenvalue weighted by atomic mass is 16.5. The highest BCUT2D eigenvalue weighted by Crippen LogP contribution is 2.17. The van der Waals surface area contributed by atoms with E-state index < -0.39 is 0 Å². The van der Waals surface area contributed by atoms with Crippen molar-refractivity contribution in [2.75, 3.05) is 40.0 Å². The van der Waals surface area contributed by atoms with Gasteiger partial charge in [-0.1, -0.05) is 18.2 Å². The van der Waals surface area contributed by atoms with Crippen LogP contribution in [0.3, 0.4) is 0 Å². The number of hydrogen-bond donors (Lipinski definition) is 0. The van der Waals surface area contributed by atoms with Gasteiger partial charge in [-0.05, 0) is 12.1 Å². The van der Waals surface area contributed by atoms with Crippen LogP contribution in [0.1, 0.15) is 0 Å². The molecular weight excluding hydrogens is 268 g/mol. The molecule has 21 heavy (non-hydrogen) atoms. The Morgan fingerprint density at radius 3 is 2.71 bits per heavy atom. The molecule has 0 aliphatic carbocycles. The maximum Gasteiger partial charge on any atom is 0.293 e. The van der Waals surface area contributed by atoms with Gasteiger partial charge in [-0.3, -0.25) is 9.69 Å². The van der Waals surface area contributed by atoms with Gasteiger partial charge >= 0.3 is 0 Å². The van der Waals surface area contributed by atoms with Crippen LogP contribution in [0.2, 0.25) is 0 Å². The maximum absolute atomic E-state index is 12.5. The van der Waals surface area contributed by atoms with Crippen molar-refractivity contribution in [1.82, 2.24) is 9.47 Å². The van der Waals surface area contributed by atoms with Gasteiger partial charge < -0.3 is 14.0 Å². The zero-order chi connectivity index (χ0) is 14.7. The summed E-state index contributed by atoms with van der Waals surface area (Å²) in [6.07, 6.45) is 0. The van der Waals surface area contributed by atoms with E-state index >= 15 is 0 Å². The Morgan fingerprint density at radius 1 is 1.19 bits per heavy atom. The van der Waals surface area contributed by atoms with Gasteiger partial charge in [-0.2, -0.15) is 0 Å². The average molecular weight is 288 g/mol. The molecule has 1 aromatic heterocycles. The Labute approximate surface area is 123 Å². The summed E-state index contributed by atoms with van der Waals surface area (Å²) in [6.45, 7) is 4.91. The predicted octanol–water partition coefficient (Wildman–Crippen LogP) is 1.34. The minimum Gasteiger partial charge on any atom is -0.491 e. The second-order valence-corrected chi connectivity index (χ2v) is 5.18. The fourth-order valence-corrected chi connectivity index (χ4v) is 2.74. The van der Waals surface area contributed by atoms with Crippen molar-refractivity contribution in [1.29, 1.82) is 0 Å². The van der Waals surface area contributed by atoms with Crippen molar-refractivity contribution >= 4 is 10.9 Å². The van der Waals surface area contributed by atoms with Crippen molar-refractivity contribution in [3.05, 3.63) is 40.7 Å². The summed E-state index contributed by atoms with van der Waals surface area (Å²) in [7, 11) is 1.54. The molecule has 0 N–H and O–H groups in total. The lowest BCUT2D eigenvalue weighted by atomic mass is 10.2. The van der Waals surface area contributed by atoms with E-state index in [9.17, 15) is 4.79 Å². The highest BCUT2D eigenvalue weighted by Gasteiger charge is 2.13. The Kier molecular flexibility index (Phi) is 4.22. The number of morpholine rings is 1. The molecule has 1 aromatic carbocycles. The molecule has 0 radical (unpaired) electrons. The predicted molar refractivity (Wildman–Crippen MR) is 82.0 cm³/mol. The third-order valence-electron chi connectivity index (χ3n) is 3.93. The largest absolute Gasteiger partial charge is 0.491 e. The first kappa shape index (κ1) is 14.1. The van der Waals surface area contributed by atoms with Crippen LogP contribution in [0.5, 0.6) is 5.75 Å². The zero-order valence-corrected chi connectivity index (χ0v) is 12.2. The lowest BCUT2D eigenvalue weighted by Crippen LogP contribution is -2.39. The molecule has 0 unspecified atom stereocenters. The van der Waals surface area contributed by atoms with Crippen LogP contribution in [0, 0.1) is 0 Å². The first-order valence-electron chi connectivity index (χ1n) is 7.26. The molecule has 5 heteroatoms. The van der Waals surface area contributed by atoms with E-state index in [0.717, 1.165) is 43.8 Å².